The molecule has 31 heavy (non-hydrogen) atoms. The first kappa shape index (κ1) is 19.1. The van der Waals surface area contributed by atoms with Crippen molar-refractivity contribution in [2.75, 3.05) is 0 Å². The Bertz CT molecular complexity index is 1380. The lowest BCUT2D eigenvalue weighted by Crippen LogP contribution is -2.19. The molecule has 1 fully saturated rings. The van der Waals surface area contributed by atoms with Crippen molar-refractivity contribution >= 4 is 23.0 Å². The number of aromatic nitrogens is 3. The fourth-order valence-electron chi connectivity index (χ4n) is 3.81. The van der Waals surface area contributed by atoms with Crippen LogP contribution in [0.5, 0.6) is 0 Å². The third-order valence-electron chi connectivity index (χ3n) is 5.64. The van der Waals surface area contributed by atoms with Gasteiger partial charge in [0.05, 0.1) is 0 Å². The van der Waals surface area contributed by atoms with Crippen molar-refractivity contribution in [1.29, 1.82) is 0 Å². The number of nitrogens with zero attached hydrogens (tertiary/aromatic N) is 2. The predicted octanol–water partition coefficient (Wildman–Crippen LogP) is 3.97. The van der Waals surface area contributed by atoms with Crippen LogP contribution in [-0.4, -0.2) is 20.4 Å². The van der Waals surface area contributed by atoms with Gasteiger partial charge in [-0.2, -0.15) is 0 Å². The topological polar surface area (TPSA) is 93.8 Å². The Labute approximate surface area is 179 Å². The first-order valence-corrected chi connectivity index (χ1v) is 10.3. The number of fused-ring (bicyclic) bond motifs is 1. The van der Waals surface area contributed by atoms with Gasteiger partial charge in [0.1, 0.15) is 5.65 Å². The summed E-state index contributed by atoms with van der Waals surface area (Å²) in [6.07, 6.45) is 11.2. The first-order chi connectivity index (χ1) is 15.1. The lowest BCUT2D eigenvalue weighted by Gasteiger charge is -2.08. The minimum absolute atomic E-state index is 0.0372. The van der Waals surface area contributed by atoms with Crippen LogP contribution in [-0.2, 0) is 11.3 Å². The van der Waals surface area contributed by atoms with Gasteiger partial charge >= 0.3 is 0 Å². The molecule has 6 nitrogen and oxygen atoms in total. The van der Waals surface area contributed by atoms with Crippen LogP contribution in [0, 0.1) is 5.92 Å². The van der Waals surface area contributed by atoms with Crippen LogP contribution < -0.4 is 11.3 Å². The van der Waals surface area contributed by atoms with Crippen molar-refractivity contribution in [1.82, 2.24) is 14.5 Å². The summed E-state index contributed by atoms with van der Waals surface area (Å²) in [4.78, 5) is 31.1. The molecule has 1 amide bonds. The molecule has 3 N–H and O–H groups in total. The monoisotopic (exact) mass is 410 g/mol. The summed E-state index contributed by atoms with van der Waals surface area (Å²) >= 11 is 0. The number of carbonyl (C=O) groups excluding carboxylic acids is 1. The molecule has 0 saturated heterocycles. The molecule has 4 aromatic rings. The van der Waals surface area contributed by atoms with Gasteiger partial charge in [0.15, 0.2) is 0 Å². The molecule has 3 aromatic heterocycles. The smallest absolute Gasteiger partial charge is 0.250 e. The third kappa shape index (κ3) is 4.05. The Morgan fingerprint density at radius 3 is 2.84 bits per heavy atom. The number of carbonyl (C=O) groups is 1. The van der Waals surface area contributed by atoms with Crippen LogP contribution in [0.15, 0.2) is 71.9 Å². The van der Waals surface area contributed by atoms with E-state index >= 15 is 0 Å². The fourth-order valence-corrected chi connectivity index (χ4v) is 3.81. The fraction of sp³-hybridized carbons (Fsp3) is 0.160. The maximum absolute atomic E-state index is 12.2. The number of pyridine rings is 2. The third-order valence-corrected chi connectivity index (χ3v) is 5.64. The highest BCUT2D eigenvalue weighted by molar-refractivity contribution is 5.96. The van der Waals surface area contributed by atoms with Crippen LogP contribution in [0.25, 0.3) is 39.4 Å². The van der Waals surface area contributed by atoms with Crippen molar-refractivity contribution in [2.24, 2.45) is 11.7 Å². The summed E-state index contributed by atoms with van der Waals surface area (Å²) in [5.74, 6) is 0.147. The van der Waals surface area contributed by atoms with E-state index in [4.69, 9.17) is 5.73 Å². The van der Waals surface area contributed by atoms with Crippen LogP contribution in [0.4, 0.5) is 0 Å². The molecule has 0 bridgehead atoms. The predicted molar refractivity (Wildman–Crippen MR) is 122 cm³/mol. The zero-order chi connectivity index (χ0) is 21.4. The molecule has 0 unspecified atom stereocenters. The number of rotatable bonds is 6. The number of primary amides is 1. The Balaban J connectivity index is 1.54. The van der Waals surface area contributed by atoms with E-state index in [1.54, 1.807) is 12.1 Å². The largest absolute Gasteiger partial charge is 0.366 e. The highest BCUT2D eigenvalue weighted by Crippen LogP contribution is 2.33. The molecule has 1 aromatic carbocycles. The summed E-state index contributed by atoms with van der Waals surface area (Å²) in [7, 11) is 0. The Hall–Kier alpha value is -3.93. The summed E-state index contributed by atoms with van der Waals surface area (Å²) in [6.45, 7) is 0.782. The minimum Gasteiger partial charge on any atom is -0.366 e. The van der Waals surface area contributed by atoms with Gasteiger partial charge in [0.2, 0.25) is 5.91 Å². The maximum Gasteiger partial charge on any atom is 0.250 e. The molecule has 154 valence electrons. The number of hydrogen-bond acceptors (Lipinski definition) is 3. The van der Waals surface area contributed by atoms with Crippen LogP contribution >= 0.6 is 0 Å². The number of H-pyrrole nitrogens is 1. The van der Waals surface area contributed by atoms with Gasteiger partial charge in [-0.15, -0.1) is 0 Å². The average molecular weight is 410 g/mol. The molecule has 1 saturated carbocycles. The summed E-state index contributed by atoms with van der Waals surface area (Å²) in [5.41, 5.74) is 10.9. The number of aromatic amines is 1. The van der Waals surface area contributed by atoms with Crippen molar-refractivity contribution in [3.05, 3.63) is 83.0 Å². The Morgan fingerprint density at radius 2 is 2.03 bits per heavy atom. The summed E-state index contributed by atoms with van der Waals surface area (Å²) in [5, 5.41) is 0.993. The van der Waals surface area contributed by atoms with Crippen LogP contribution in [0.1, 0.15) is 18.4 Å². The molecule has 0 aliphatic heterocycles. The second-order valence-electron chi connectivity index (χ2n) is 8.04. The lowest BCUT2D eigenvalue weighted by atomic mass is 10.0. The quantitative estimate of drug-likeness (QED) is 0.471. The number of nitrogens with one attached hydrogen (secondary N) is 1. The van der Waals surface area contributed by atoms with Crippen molar-refractivity contribution in [2.45, 2.75) is 19.4 Å². The van der Waals surface area contributed by atoms with E-state index in [0.29, 0.717) is 5.92 Å². The number of benzene rings is 1. The summed E-state index contributed by atoms with van der Waals surface area (Å²) < 4.78 is 1.82. The molecule has 0 atom stereocenters. The van der Waals surface area contributed by atoms with Crippen molar-refractivity contribution in [3.63, 3.8) is 0 Å². The van der Waals surface area contributed by atoms with Crippen LogP contribution in [0.3, 0.4) is 0 Å². The van der Waals surface area contributed by atoms with Gasteiger partial charge in [0.25, 0.3) is 5.56 Å². The first-order valence-electron chi connectivity index (χ1n) is 10.3. The van der Waals surface area contributed by atoms with Gasteiger partial charge in [-0.1, -0.05) is 18.2 Å². The number of amides is 1. The Morgan fingerprint density at radius 1 is 1.16 bits per heavy atom. The summed E-state index contributed by atoms with van der Waals surface area (Å²) in [6, 6.07) is 13.5. The van der Waals surface area contributed by atoms with E-state index in [0.717, 1.165) is 45.4 Å². The highest BCUT2D eigenvalue weighted by Gasteiger charge is 2.22. The standard InChI is InChI=1S/C25H22N4O2/c26-23(30)8-6-16-2-1-3-18(10-16)20-11-21-22(13-28-25(21)27-12-20)19-7-9-24(31)29(15-19)14-17-4-5-17/h1-3,6-13,15,17H,4-5,14H2,(H2,26,30)(H,27,28). The zero-order valence-electron chi connectivity index (χ0n) is 16.9. The van der Waals surface area contributed by atoms with Gasteiger partial charge in [-0.3, -0.25) is 9.59 Å². The normalized spacial score (nSPS) is 13.8. The minimum atomic E-state index is -0.478. The second-order valence-corrected chi connectivity index (χ2v) is 8.04. The van der Waals surface area contributed by atoms with Gasteiger partial charge in [-0.25, -0.2) is 4.98 Å². The molecule has 1 aliphatic carbocycles. The molecule has 0 radical (unpaired) electrons. The lowest BCUT2D eigenvalue weighted by molar-refractivity contribution is -0.113. The average Bonchev–Trinajstić information content (AvgIpc) is 3.49. The van der Waals surface area contributed by atoms with E-state index in [1.807, 2.05) is 53.5 Å². The molecule has 1 aliphatic rings. The van der Waals surface area contributed by atoms with E-state index in [-0.39, 0.29) is 5.56 Å². The number of nitrogens with two attached hydrogens (primary N) is 1. The van der Waals surface area contributed by atoms with E-state index in [2.05, 4.69) is 16.0 Å². The molecule has 3 heterocycles. The van der Waals surface area contributed by atoms with Crippen molar-refractivity contribution in [3.8, 4) is 22.3 Å². The molecular formula is C25H22N4O2. The zero-order valence-corrected chi connectivity index (χ0v) is 16.9. The van der Waals surface area contributed by atoms with Gasteiger partial charge in [0, 0.05) is 59.4 Å². The SMILES string of the molecule is NC(=O)C=Cc1cccc(-c2cnc3[nH]cc(-c4ccc(=O)n(CC5CC5)c4)c3c2)c1. The molecule has 6 heteroatoms. The molecule has 0 spiro atoms. The Kier molecular flexibility index (Phi) is 4.75. The second kappa shape index (κ2) is 7.72. The van der Waals surface area contributed by atoms with Gasteiger partial charge < -0.3 is 15.3 Å². The van der Waals surface area contributed by atoms with E-state index in [1.165, 1.54) is 18.9 Å². The molecular weight excluding hydrogens is 388 g/mol. The number of hydrogen-bond donors (Lipinski definition) is 2. The maximum atomic E-state index is 12.2. The van der Waals surface area contributed by atoms with Crippen molar-refractivity contribution < 1.29 is 4.79 Å². The molecule has 5 rings (SSSR count). The van der Waals surface area contributed by atoms with Crippen LogP contribution in [0.2, 0.25) is 0 Å². The highest BCUT2D eigenvalue weighted by atomic mass is 16.1. The van der Waals surface area contributed by atoms with E-state index < -0.39 is 5.91 Å². The van der Waals surface area contributed by atoms with Gasteiger partial charge in [-0.05, 0) is 54.2 Å². The van der Waals surface area contributed by atoms with E-state index in [9.17, 15) is 9.59 Å².